The van der Waals surface area contributed by atoms with Gasteiger partial charge in [0.15, 0.2) is 0 Å². The third-order valence-electron chi connectivity index (χ3n) is 2.27. The van der Waals surface area contributed by atoms with Crippen molar-refractivity contribution in [3.05, 3.63) is 28.2 Å². The molecule has 5 heteroatoms. The lowest BCUT2D eigenvalue weighted by Crippen LogP contribution is -2.30. The molecule has 1 amide bonds. The third kappa shape index (κ3) is 3.21. The van der Waals surface area contributed by atoms with Crippen LogP contribution in [0.25, 0.3) is 0 Å². The Morgan fingerprint density at radius 1 is 1.62 bits per heavy atom. The minimum atomic E-state index is -0.523. The summed E-state index contributed by atoms with van der Waals surface area (Å²) in [5.74, 6) is -0.377. The van der Waals surface area contributed by atoms with Gasteiger partial charge < -0.3 is 15.7 Å². The van der Waals surface area contributed by atoms with Crippen LogP contribution in [0.5, 0.6) is 0 Å². The summed E-state index contributed by atoms with van der Waals surface area (Å²) in [6.45, 7) is 1.87. The largest absolute Gasteiger partial charge is 0.389 e. The Morgan fingerprint density at radius 2 is 2.25 bits per heavy atom. The summed E-state index contributed by atoms with van der Waals surface area (Å²) in [4.78, 5) is 12.5. The number of nitrogens with two attached hydrogens (primary N) is 1. The summed E-state index contributed by atoms with van der Waals surface area (Å²) in [5.41, 5.74) is 6.80. The van der Waals surface area contributed by atoms with E-state index in [0.29, 0.717) is 0 Å². The lowest BCUT2D eigenvalue weighted by Gasteiger charge is -2.19. The van der Waals surface area contributed by atoms with Crippen LogP contribution in [-0.4, -0.2) is 24.6 Å². The minimum Gasteiger partial charge on any atom is -0.389 e. The van der Waals surface area contributed by atoms with E-state index in [9.17, 15) is 9.90 Å². The summed E-state index contributed by atoms with van der Waals surface area (Å²) in [6, 6.07) is 5.52. The normalized spacial score (nSPS) is 12.2. The minimum absolute atomic E-state index is 0.167. The van der Waals surface area contributed by atoms with Crippen LogP contribution in [0.2, 0.25) is 0 Å². The maximum Gasteiger partial charge on any atom is 0.236 e. The number of carbonyl (C=O) groups excluding carboxylic acids is 1. The number of amides is 1. The highest BCUT2D eigenvalue weighted by Gasteiger charge is 2.09. The Morgan fingerprint density at radius 3 is 2.69 bits per heavy atom. The number of aliphatic hydroxyl groups is 1. The van der Waals surface area contributed by atoms with E-state index in [1.165, 1.54) is 0 Å². The Balaban J connectivity index is 2.92. The molecule has 1 atom stereocenters. The Hall–Kier alpha value is -1.07. The van der Waals surface area contributed by atoms with Gasteiger partial charge in [0.2, 0.25) is 5.91 Å². The molecule has 88 valence electrons. The first-order chi connectivity index (χ1) is 7.41. The molecule has 0 aliphatic carbocycles. The van der Waals surface area contributed by atoms with Crippen molar-refractivity contribution in [2.75, 3.05) is 18.5 Å². The molecule has 0 radical (unpaired) electrons. The highest BCUT2D eigenvalue weighted by Crippen LogP contribution is 2.27. The molecule has 1 rings (SSSR count). The molecule has 1 aromatic carbocycles. The number of hydrogen-bond donors (Lipinski definition) is 2. The van der Waals surface area contributed by atoms with E-state index in [4.69, 9.17) is 5.73 Å². The lowest BCUT2D eigenvalue weighted by molar-refractivity contribution is -0.116. The number of benzene rings is 1. The van der Waals surface area contributed by atoms with Crippen LogP contribution in [0.1, 0.15) is 18.6 Å². The van der Waals surface area contributed by atoms with Gasteiger partial charge in [-0.3, -0.25) is 4.79 Å². The second-order valence-electron chi connectivity index (χ2n) is 3.70. The number of hydrogen-bond acceptors (Lipinski definition) is 3. The number of carbonyl (C=O) groups is 1. The van der Waals surface area contributed by atoms with Crippen LogP contribution in [0.4, 0.5) is 5.69 Å². The average molecular weight is 287 g/mol. The van der Waals surface area contributed by atoms with Gasteiger partial charge in [-0.05, 0) is 24.6 Å². The molecule has 0 saturated heterocycles. The lowest BCUT2D eigenvalue weighted by atomic mass is 10.1. The number of likely N-dealkylation sites (N-methyl/N-ethyl adjacent to an activating group) is 1. The van der Waals surface area contributed by atoms with Gasteiger partial charge in [-0.25, -0.2) is 0 Å². The first-order valence-electron chi connectivity index (χ1n) is 4.88. The summed E-state index contributed by atoms with van der Waals surface area (Å²) < 4.78 is 0.816. The molecule has 1 aromatic rings. The molecule has 0 aromatic heterocycles. The second kappa shape index (κ2) is 5.32. The average Bonchev–Trinajstić information content (AvgIpc) is 2.15. The smallest absolute Gasteiger partial charge is 0.236 e. The van der Waals surface area contributed by atoms with E-state index in [1.54, 1.807) is 18.9 Å². The van der Waals surface area contributed by atoms with Crippen LogP contribution in [0.3, 0.4) is 0 Å². The van der Waals surface area contributed by atoms with Crippen molar-refractivity contribution in [2.24, 2.45) is 5.73 Å². The fourth-order valence-electron chi connectivity index (χ4n) is 1.42. The van der Waals surface area contributed by atoms with E-state index >= 15 is 0 Å². The van der Waals surface area contributed by atoms with Crippen molar-refractivity contribution in [1.82, 2.24) is 0 Å². The van der Waals surface area contributed by atoms with Gasteiger partial charge in [0.25, 0.3) is 0 Å². The van der Waals surface area contributed by atoms with E-state index < -0.39 is 6.10 Å². The zero-order valence-corrected chi connectivity index (χ0v) is 10.9. The predicted octanol–water partition coefficient (Wildman–Crippen LogP) is 1.42. The molecule has 0 saturated carbocycles. The molecule has 0 aliphatic rings. The molecule has 4 nitrogen and oxygen atoms in total. The van der Waals surface area contributed by atoms with Crippen LogP contribution in [0, 0.1) is 0 Å². The highest BCUT2D eigenvalue weighted by atomic mass is 79.9. The quantitative estimate of drug-likeness (QED) is 0.880. The van der Waals surface area contributed by atoms with Crippen LogP contribution < -0.4 is 10.6 Å². The summed E-state index contributed by atoms with van der Waals surface area (Å²) in [7, 11) is 1.79. The fourth-order valence-corrected chi connectivity index (χ4v) is 2.12. The molecular weight excluding hydrogens is 272 g/mol. The summed E-state index contributed by atoms with van der Waals surface area (Å²) in [5, 5.41) is 9.46. The van der Waals surface area contributed by atoms with Crippen molar-refractivity contribution in [3.63, 3.8) is 0 Å². The standard InChI is InChI=1S/C11H15BrN2O2/c1-7(15)9-4-3-8(5-10(9)12)14(2)6-11(13)16/h3-5,7,15H,6H2,1-2H3,(H2,13,16)/t7-/m1/s1. The molecule has 0 heterocycles. The van der Waals surface area contributed by atoms with Crippen molar-refractivity contribution >= 4 is 27.5 Å². The van der Waals surface area contributed by atoms with Gasteiger partial charge in [-0.15, -0.1) is 0 Å². The van der Waals surface area contributed by atoms with E-state index in [0.717, 1.165) is 15.7 Å². The molecule has 0 bridgehead atoms. The van der Waals surface area contributed by atoms with Crippen LogP contribution in [-0.2, 0) is 4.79 Å². The molecular formula is C11H15BrN2O2. The topological polar surface area (TPSA) is 66.6 Å². The molecule has 0 spiro atoms. The molecule has 0 fully saturated rings. The van der Waals surface area contributed by atoms with Gasteiger partial charge in [0.1, 0.15) is 0 Å². The number of aliphatic hydroxyl groups excluding tert-OH is 1. The predicted molar refractivity (Wildman–Crippen MR) is 67.2 cm³/mol. The van der Waals surface area contributed by atoms with Gasteiger partial charge in [0, 0.05) is 17.2 Å². The van der Waals surface area contributed by atoms with Gasteiger partial charge in [-0.2, -0.15) is 0 Å². The monoisotopic (exact) mass is 286 g/mol. The molecule has 3 N–H and O–H groups in total. The Kier molecular flexibility index (Phi) is 4.32. The summed E-state index contributed by atoms with van der Waals surface area (Å²) >= 11 is 3.38. The third-order valence-corrected chi connectivity index (χ3v) is 2.95. The van der Waals surface area contributed by atoms with Crippen molar-refractivity contribution in [2.45, 2.75) is 13.0 Å². The maximum absolute atomic E-state index is 10.8. The second-order valence-corrected chi connectivity index (χ2v) is 4.56. The maximum atomic E-state index is 10.8. The first-order valence-corrected chi connectivity index (χ1v) is 5.68. The SMILES string of the molecule is C[C@@H](O)c1ccc(N(C)CC(N)=O)cc1Br. The van der Waals surface area contributed by atoms with E-state index in [2.05, 4.69) is 15.9 Å². The van der Waals surface area contributed by atoms with Crippen molar-refractivity contribution in [3.8, 4) is 0 Å². The highest BCUT2D eigenvalue weighted by molar-refractivity contribution is 9.10. The molecule has 0 aliphatic heterocycles. The van der Waals surface area contributed by atoms with Crippen LogP contribution in [0.15, 0.2) is 22.7 Å². The number of primary amides is 1. The molecule has 0 unspecified atom stereocenters. The van der Waals surface area contributed by atoms with Gasteiger partial charge in [-0.1, -0.05) is 22.0 Å². The number of nitrogens with zero attached hydrogens (tertiary/aromatic N) is 1. The van der Waals surface area contributed by atoms with E-state index in [-0.39, 0.29) is 12.5 Å². The van der Waals surface area contributed by atoms with Gasteiger partial charge >= 0.3 is 0 Å². The zero-order chi connectivity index (χ0) is 12.3. The number of rotatable bonds is 4. The van der Waals surface area contributed by atoms with Crippen molar-refractivity contribution < 1.29 is 9.90 Å². The first kappa shape index (κ1) is 13.0. The van der Waals surface area contributed by atoms with Crippen LogP contribution >= 0.6 is 15.9 Å². The van der Waals surface area contributed by atoms with Gasteiger partial charge in [0.05, 0.1) is 12.6 Å². The number of anilines is 1. The molecule has 16 heavy (non-hydrogen) atoms. The van der Waals surface area contributed by atoms with E-state index in [1.807, 2.05) is 18.2 Å². The summed E-state index contributed by atoms with van der Waals surface area (Å²) in [6.07, 6.45) is -0.523. The fraction of sp³-hybridized carbons (Fsp3) is 0.364. The Bertz CT molecular complexity index is 394. The van der Waals surface area contributed by atoms with Crippen molar-refractivity contribution in [1.29, 1.82) is 0 Å². The zero-order valence-electron chi connectivity index (χ0n) is 9.27. The number of halogens is 1. The Labute approximate surface area is 103 Å².